The summed E-state index contributed by atoms with van der Waals surface area (Å²) in [5.74, 6) is -1.10. The van der Waals surface area contributed by atoms with Gasteiger partial charge in [-0.15, -0.1) is 11.3 Å². The standard InChI is InChI=1S/C13H14F2N2S/c1-7(16)13-8(2)17-12(18-13)5-9-3-4-10(14)6-11(9)15/h3-4,6-7H,5,16H2,1-2H3. The molecule has 0 radical (unpaired) electrons. The smallest absolute Gasteiger partial charge is 0.129 e. The monoisotopic (exact) mass is 268 g/mol. The molecule has 0 spiro atoms. The Morgan fingerprint density at radius 1 is 1.39 bits per heavy atom. The van der Waals surface area contributed by atoms with E-state index in [1.165, 1.54) is 23.5 Å². The van der Waals surface area contributed by atoms with Crippen molar-refractivity contribution in [2.24, 2.45) is 5.73 Å². The number of nitrogens with zero attached hydrogens (tertiary/aromatic N) is 1. The van der Waals surface area contributed by atoms with Gasteiger partial charge in [-0.3, -0.25) is 0 Å². The van der Waals surface area contributed by atoms with Crippen LogP contribution < -0.4 is 5.73 Å². The molecular weight excluding hydrogens is 254 g/mol. The lowest BCUT2D eigenvalue weighted by molar-refractivity contribution is 0.574. The van der Waals surface area contributed by atoms with Gasteiger partial charge in [0.25, 0.3) is 0 Å². The summed E-state index contributed by atoms with van der Waals surface area (Å²) in [7, 11) is 0. The fourth-order valence-corrected chi connectivity index (χ4v) is 2.84. The lowest BCUT2D eigenvalue weighted by atomic mass is 10.1. The number of nitrogens with two attached hydrogens (primary N) is 1. The van der Waals surface area contributed by atoms with Crippen LogP contribution in [0.4, 0.5) is 8.78 Å². The van der Waals surface area contributed by atoms with Gasteiger partial charge in [0.2, 0.25) is 0 Å². The molecule has 0 saturated carbocycles. The molecule has 5 heteroatoms. The largest absolute Gasteiger partial charge is 0.323 e. The summed E-state index contributed by atoms with van der Waals surface area (Å²) in [6, 6.07) is 3.52. The lowest BCUT2D eigenvalue weighted by Crippen LogP contribution is -2.03. The second-order valence-electron chi connectivity index (χ2n) is 4.26. The lowest BCUT2D eigenvalue weighted by Gasteiger charge is -2.01. The fourth-order valence-electron chi connectivity index (χ4n) is 1.79. The minimum atomic E-state index is -0.567. The fraction of sp³-hybridized carbons (Fsp3) is 0.308. The molecule has 2 nitrogen and oxygen atoms in total. The molecule has 96 valence electrons. The number of halogens is 2. The van der Waals surface area contributed by atoms with Crippen LogP contribution in [0.25, 0.3) is 0 Å². The molecule has 1 aromatic heterocycles. The van der Waals surface area contributed by atoms with Gasteiger partial charge in [-0.25, -0.2) is 13.8 Å². The van der Waals surface area contributed by atoms with Gasteiger partial charge in [0, 0.05) is 23.4 Å². The summed E-state index contributed by atoms with van der Waals surface area (Å²) < 4.78 is 26.3. The van der Waals surface area contributed by atoms with E-state index in [4.69, 9.17) is 5.73 Å². The highest BCUT2D eigenvalue weighted by Crippen LogP contribution is 2.25. The van der Waals surface area contributed by atoms with Crippen LogP contribution in [0.5, 0.6) is 0 Å². The molecular formula is C13H14F2N2S. The van der Waals surface area contributed by atoms with E-state index < -0.39 is 11.6 Å². The van der Waals surface area contributed by atoms with Gasteiger partial charge in [0.1, 0.15) is 11.6 Å². The Morgan fingerprint density at radius 2 is 2.11 bits per heavy atom. The highest BCUT2D eigenvalue weighted by Gasteiger charge is 2.13. The number of hydrogen-bond acceptors (Lipinski definition) is 3. The van der Waals surface area contributed by atoms with Crippen LogP contribution in [0, 0.1) is 18.6 Å². The summed E-state index contributed by atoms with van der Waals surface area (Å²) in [6.45, 7) is 3.78. The molecule has 1 unspecified atom stereocenters. The Labute approximate surface area is 108 Å². The number of benzene rings is 1. The van der Waals surface area contributed by atoms with Crippen molar-refractivity contribution in [2.75, 3.05) is 0 Å². The summed E-state index contributed by atoms with van der Waals surface area (Å²) in [6.07, 6.45) is 0.365. The summed E-state index contributed by atoms with van der Waals surface area (Å²) in [4.78, 5) is 5.38. The van der Waals surface area contributed by atoms with Crippen LogP contribution in [0.3, 0.4) is 0 Å². The first-order chi connectivity index (χ1) is 8.47. The van der Waals surface area contributed by atoms with E-state index >= 15 is 0 Å². The van der Waals surface area contributed by atoms with Crippen molar-refractivity contribution in [3.8, 4) is 0 Å². The zero-order valence-corrected chi connectivity index (χ0v) is 11.0. The zero-order valence-electron chi connectivity index (χ0n) is 10.2. The summed E-state index contributed by atoms with van der Waals surface area (Å²) in [5.41, 5.74) is 7.15. The molecule has 0 fully saturated rings. The Kier molecular flexibility index (Phi) is 3.73. The van der Waals surface area contributed by atoms with Crippen molar-refractivity contribution in [1.29, 1.82) is 0 Å². The van der Waals surface area contributed by atoms with E-state index in [2.05, 4.69) is 4.98 Å². The van der Waals surface area contributed by atoms with Gasteiger partial charge in [0.05, 0.1) is 10.7 Å². The van der Waals surface area contributed by atoms with Crippen LogP contribution in [0.1, 0.15) is 34.1 Å². The van der Waals surface area contributed by atoms with Crippen molar-refractivity contribution in [3.05, 3.63) is 51.0 Å². The van der Waals surface area contributed by atoms with E-state index in [1.807, 2.05) is 13.8 Å². The maximum absolute atomic E-state index is 13.5. The van der Waals surface area contributed by atoms with Crippen LogP contribution in [-0.2, 0) is 6.42 Å². The molecule has 0 aliphatic heterocycles. The minimum absolute atomic E-state index is 0.0747. The highest BCUT2D eigenvalue weighted by molar-refractivity contribution is 7.11. The topological polar surface area (TPSA) is 38.9 Å². The Balaban J connectivity index is 2.26. The van der Waals surface area contributed by atoms with Crippen molar-refractivity contribution >= 4 is 11.3 Å². The van der Waals surface area contributed by atoms with E-state index in [0.29, 0.717) is 12.0 Å². The number of thiazole rings is 1. The Bertz CT molecular complexity index is 564. The average molecular weight is 268 g/mol. The van der Waals surface area contributed by atoms with E-state index in [0.717, 1.165) is 21.6 Å². The molecule has 0 amide bonds. The molecule has 2 rings (SSSR count). The second kappa shape index (κ2) is 5.12. The van der Waals surface area contributed by atoms with E-state index in [-0.39, 0.29) is 6.04 Å². The van der Waals surface area contributed by atoms with E-state index in [9.17, 15) is 8.78 Å². The van der Waals surface area contributed by atoms with E-state index in [1.54, 1.807) is 0 Å². The predicted octanol–water partition coefficient (Wildman–Crippen LogP) is 3.34. The number of aryl methyl sites for hydroxylation is 1. The number of hydrogen-bond donors (Lipinski definition) is 1. The number of aromatic nitrogens is 1. The average Bonchev–Trinajstić information content (AvgIpc) is 2.64. The highest BCUT2D eigenvalue weighted by atomic mass is 32.1. The minimum Gasteiger partial charge on any atom is -0.323 e. The molecule has 0 saturated heterocycles. The molecule has 1 heterocycles. The van der Waals surface area contributed by atoms with Gasteiger partial charge >= 0.3 is 0 Å². The molecule has 1 atom stereocenters. The van der Waals surface area contributed by atoms with Crippen LogP contribution in [0.15, 0.2) is 18.2 Å². The second-order valence-corrected chi connectivity index (χ2v) is 5.37. The molecule has 0 bridgehead atoms. The summed E-state index contributed by atoms with van der Waals surface area (Å²) >= 11 is 1.48. The molecule has 0 aliphatic rings. The molecule has 1 aromatic carbocycles. The third kappa shape index (κ3) is 2.73. The van der Waals surface area contributed by atoms with Gasteiger partial charge < -0.3 is 5.73 Å². The van der Waals surface area contributed by atoms with Crippen LogP contribution in [0.2, 0.25) is 0 Å². The normalized spacial score (nSPS) is 12.7. The first kappa shape index (κ1) is 13.1. The molecule has 2 aromatic rings. The summed E-state index contributed by atoms with van der Waals surface area (Å²) in [5, 5.41) is 0.797. The Hall–Kier alpha value is -1.33. The van der Waals surface area contributed by atoms with Gasteiger partial charge in [-0.1, -0.05) is 6.07 Å². The first-order valence-corrected chi connectivity index (χ1v) is 6.44. The van der Waals surface area contributed by atoms with Gasteiger partial charge in [-0.2, -0.15) is 0 Å². The van der Waals surface area contributed by atoms with Crippen LogP contribution >= 0.6 is 11.3 Å². The Morgan fingerprint density at radius 3 is 2.67 bits per heavy atom. The zero-order chi connectivity index (χ0) is 13.3. The predicted molar refractivity (Wildman–Crippen MR) is 68.6 cm³/mol. The van der Waals surface area contributed by atoms with Gasteiger partial charge in [0.15, 0.2) is 0 Å². The van der Waals surface area contributed by atoms with Crippen molar-refractivity contribution in [2.45, 2.75) is 26.3 Å². The van der Waals surface area contributed by atoms with Gasteiger partial charge in [-0.05, 0) is 25.5 Å². The SMILES string of the molecule is Cc1nc(Cc2ccc(F)cc2F)sc1C(C)N. The molecule has 0 aliphatic carbocycles. The maximum atomic E-state index is 13.5. The molecule has 2 N–H and O–H groups in total. The first-order valence-electron chi connectivity index (χ1n) is 5.63. The van der Waals surface area contributed by atoms with Crippen LogP contribution in [-0.4, -0.2) is 4.98 Å². The quantitative estimate of drug-likeness (QED) is 0.927. The van der Waals surface area contributed by atoms with Crippen molar-refractivity contribution in [3.63, 3.8) is 0 Å². The molecule has 18 heavy (non-hydrogen) atoms. The maximum Gasteiger partial charge on any atom is 0.129 e. The number of rotatable bonds is 3. The third-order valence-electron chi connectivity index (χ3n) is 2.65. The third-order valence-corrected chi connectivity index (χ3v) is 4.01. The van der Waals surface area contributed by atoms with Crippen molar-refractivity contribution in [1.82, 2.24) is 4.98 Å². The van der Waals surface area contributed by atoms with Crippen molar-refractivity contribution < 1.29 is 8.78 Å².